The van der Waals surface area contributed by atoms with Crippen molar-refractivity contribution in [2.24, 2.45) is 0 Å². The van der Waals surface area contributed by atoms with Crippen molar-refractivity contribution in [3.05, 3.63) is 64.4 Å². The van der Waals surface area contributed by atoms with Crippen LogP contribution in [0.4, 0.5) is 18.3 Å². The standard InChI is InChI=1S/C23H17F3N6O2S3/c1-2-35-22-31-30-20(37-22)28-16(33)11-36-21-29-17-14-8-3-4-9-15(14)27-18(17)19(34)32(21)13-7-5-6-12(10-13)23(24,25)26/h3-10,27H,2,11H2,1H3,(H,28,30,33). The van der Waals surface area contributed by atoms with Crippen LogP contribution in [0.2, 0.25) is 0 Å². The van der Waals surface area contributed by atoms with Gasteiger partial charge in [0, 0.05) is 10.9 Å². The first-order chi connectivity index (χ1) is 17.7. The van der Waals surface area contributed by atoms with Gasteiger partial charge in [-0.1, -0.05) is 66.0 Å². The number of carbonyl (C=O) groups is 1. The van der Waals surface area contributed by atoms with E-state index < -0.39 is 23.2 Å². The molecule has 8 nitrogen and oxygen atoms in total. The van der Waals surface area contributed by atoms with E-state index in [0.717, 1.165) is 38.6 Å². The molecule has 1 amide bonds. The summed E-state index contributed by atoms with van der Waals surface area (Å²) in [6.07, 6.45) is -4.60. The second-order valence-corrected chi connectivity index (χ2v) is 11.1. The van der Waals surface area contributed by atoms with Crippen molar-refractivity contribution in [3.63, 3.8) is 0 Å². The molecule has 0 aliphatic carbocycles. The molecule has 5 aromatic rings. The number of aromatic nitrogens is 5. The Hall–Kier alpha value is -3.36. The number of nitrogens with one attached hydrogen (secondary N) is 2. The maximum absolute atomic E-state index is 13.6. The summed E-state index contributed by atoms with van der Waals surface area (Å²) in [7, 11) is 0. The zero-order chi connectivity index (χ0) is 26.2. The molecule has 0 radical (unpaired) electrons. The third kappa shape index (κ3) is 5.22. The fourth-order valence-electron chi connectivity index (χ4n) is 3.62. The predicted molar refractivity (Wildman–Crippen MR) is 140 cm³/mol. The molecule has 37 heavy (non-hydrogen) atoms. The molecule has 0 saturated carbocycles. The number of benzene rings is 2. The first-order valence-electron chi connectivity index (χ1n) is 10.8. The summed E-state index contributed by atoms with van der Waals surface area (Å²) in [4.78, 5) is 33.8. The molecule has 0 atom stereocenters. The van der Waals surface area contributed by atoms with Gasteiger partial charge < -0.3 is 4.98 Å². The highest BCUT2D eigenvalue weighted by molar-refractivity contribution is 8.01. The third-order valence-electron chi connectivity index (χ3n) is 5.18. The molecule has 5 rings (SSSR count). The van der Waals surface area contributed by atoms with Crippen LogP contribution in [-0.2, 0) is 11.0 Å². The quantitative estimate of drug-likeness (QED) is 0.152. The van der Waals surface area contributed by atoms with E-state index in [1.165, 1.54) is 35.2 Å². The largest absolute Gasteiger partial charge is 0.416 e. The molecule has 0 bridgehead atoms. The number of hydrogen-bond acceptors (Lipinski definition) is 8. The molecular weight excluding hydrogens is 545 g/mol. The Bertz CT molecular complexity index is 1680. The molecule has 190 valence electrons. The van der Waals surface area contributed by atoms with Crippen molar-refractivity contribution >= 4 is 67.8 Å². The number of anilines is 1. The topological polar surface area (TPSA) is 106 Å². The van der Waals surface area contributed by atoms with Crippen molar-refractivity contribution in [2.75, 3.05) is 16.8 Å². The lowest BCUT2D eigenvalue weighted by atomic mass is 10.2. The average molecular weight is 563 g/mol. The van der Waals surface area contributed by atoms with Crippen LogP contribution >= 0.6 is 34.9 Å². The molecule has 2 aromatic carbocycles. The molecule has 3 aromatic heterocycles. The second-order valence-electron chi connectivity index (χ2n) is 7.62. The normalized spacial score (nSPS) is 11.9. The van der Waals surface area contributed by atoms with Gasteiger partial charge in [0.15, 0.2) is 9.50 Å². The highest BCUT2D eigenvalue weighted by atomic mass is 32.2. The Balaban J connectivity index is 1.54. The van der Waals surface area contributed by atoms with Gasteiger partial charge in [-0.3, -0.25) is 19.5 Å². The van der Waals surface area contributed by atoms with Crippen molar-refractivity contribution in [3.8, 4) is 5.69 Å². The van der Waals surface area contributed by atoms with Gasteiger partial charge in [0.1, 0.15) is 11.0 Å². The molecular formula is C23H17F3N6O2S3. The first kappa shape index (κ1) is 25.3. The number of fused-ring (bicyclic) bond motifs is 3. The van der Waals surface area contributed by atoms with Crippen molar-refractivity contribution < 1.29 is 18.0 Å². The van der Waals surface area contributed by atoms with E-state index in [4.69, 9.17) is 0 Å². The Kier molecular flexibility index (Phi) is 6.96. The average Bonchev–Trinajstić information content (AvgIpc) is 3.47. The highest BCUT2D eigenvalue weighted by Gasteiger charge is 2.31. The van der Waals surface area contributed by atoms with Crippen LogP contribution in [0.1, 0.15) is 12.5 Å². The number of aromatic amines is 1. The van der Waals surface area contributed by atoms with Gasteiger partial charge in [0.25, 0.3) is 5.56 Å². The minimum Gasteiger partial charge on any atom is -0.349 e. The smallest absolute Gasteiger partial charge is 0.349 e. The molecule has 3 heterocycles. The van der Waals surface area contributed by atoms with E-state index in [0.29, 0.717) is 21.6 Å². The van der Waals surface area contributed by atoms with Gasteiger partial charge in [0.2, 0.25) is 11.0 Å². The van der Waals surface area contributed by atoms with Crippen LogP contribution in [0.25, 0.3) is 27.6 Å². The number of alkyl halides is 3. The van der Waals surface area contributed by atoms with Crippen LogP contribution in [0.3, 0.4) is 0 Å². The van der Waals surface area contributed by atoms with Gasteiger partial charge in [-0.15, -0.1) is 10.2 Å². The summed E-state index contributed by atoms with van der Waals surface area (Å²) in [5, 5.41) is 11.7. The van der Waals surface area contributed by atoms with E-state index in [9.17, 15) is 22.8 Å². The van der Waals surface area contributed by atoms with E-state index in [2.05, 4.69) is 25.5 Å². The molecule has 0 fully saturated rings. The molecule has 2 N–H and O–H groups in total. The van der Waals surface area contributed by atoms with Gasteiger partial charge in [-0.05, 0) is 30.0 Å². The number of carbonyl (C=O) groups excluding carboxylic acids is 1. The number of rotatable bonds is 7. The number of halogens is 3. The Morgan fingerprint density at radius 2 is 1.95 bits per heavy atom. The third-order valence-corrected chi connectivity index (χ3v) is 7.97. The van der Waals surface area contributed by atoms with E-state index in [1.54, 1.807) is 24.3 Å². The SMILES string of the molecule is CCSc1nnc(NC(=O)CSc2nc3c([nH]c4ccccc43)c(=O)n2-c2cccc(C(F)(F)F)c2)s1. The summed E-state index contributed by atoms with van der Waals surface area (Å²) >= 11 is 3.67. The fourth-order valence-corrected chi connectivity index (χ4v) is 6.09. The molecule has 0 saturated heterocycles. The molecule has 0 aliphatic heterocycles. The number of para-hydroxylation sites is 1. The predicted octanol–water partition coefficient (Wildman–Crippen LogP) is 5.58. The highest BCUT2D eigenvalue weighted by Crippen LogP contribution is 2.32. The minimum atomic E-state index is -4.60. The second kappa shape index (κ2) is 10.2. The fraction of sp³-hybridized carbons (Fsp3) is 0.174. The van der Waals surface area contributed by atoms with Crippen LogP contribution < -0.4 is 10.9 Å². The Labute approximate surface area is 219 Å². The van der Waals surface area contributed by atoms with Crippen molar-refractivity contribution in [1.29, 1.82) is 0 Å². The van der Waals surface area contributed by atoms with Crippen LogP contribution in [0.5, 0.6) is 0 Å². The number of H-pyrrole nitrogens is 1. The summed E-state index contributed by atoms with van der Waals surface area (Å²) in [5.41, 5.74) is -0.303. The zero-order valence-electron chi connectivity index (χ0n) is 19.0. The monoisotopic (exact) mass is 562 g/mol. The molecule has 0 unspecified atom stereocenters. The van der Waals surface area contributed by atoms with E-state index >= 15 is 0 Å². The van der Waals surface area contributed by atoms with Gasteiger partial charge in [-0.25, -0.2) is 4.98 Å². The minimum absolute atomic E-state index is 0.0128. The maximum atomic E-state index is 13.6. The van der Waals surface area contributed by atoms with E-state index in [-0.39, 0.29) is 22.1 Å². The van der Waals surface area contributed by atoms with Crippen LogP contribution in [0.15, 0.2) is 62.8 Å². The summed E-state index contributed by atoms with van der Waals surface area (Å²) in [6, 6.07) is 11.6. The lowest BCUT2D eigenvalue weighted by Crippen LogP contribution is -2.23. The number of thioether (sulfide) groups is 2. The number of nitrogens with zero attached hydrogens (tertiary/aromatic N) is 4. The maximum Gasteiger partial charge on any atom is 0.416 e. The molecule has 0 spiro atoms. The molecule has 0 aliphatic rings. The summed E-state index contributed by atoms with van der Waals surface area (Å²) in [5.74, 6) is 0.237. The summed E-state index contributed by atoms with van der Waals surface area (Å²) < 4.78 is 42.0. The van der Waals surface area contributed by atoms with E-state index in [1.807, 2.05) is 6.92 Å². The number of amides is 1. The van der Waals surface area contributed by atoms with Crippen molar-refractivity contribution in [1.82, 2.24) is 24.7 Å². The van der Waals surface area contributed by atoms with Crippen molar-refractivity contribution in [2.45, 2.75) is 22.6 Å². The number of hydrogen-bond donors (Lipinski definition) is 2. The van der Waals surface area contributed by atoms with Crippen LogP contribution in [-0.4, -0.2) is 42.1 Å². The molecule has 14 heteroatoms. The van der Waals surface area contributed by atoms with Gasteiger partial charge in [0.05, 0.1) is 17.0 Å². The zero-order valence-corrected chi connectivity index (χ0v) is 21.4. The Morgan fingerprint density at radius 3 is 2.73 bits per heavy atom. The lowest BCUT2D eigenvalue weighted by molar-refractivity contribution is -0.137. The van der Waals surface area contributed by atoms with Crippen LogP contribution in [0, 0.1) is 0 Å². The summed E-state index contributed by atoms with van der Waals surface area (Å²) in [6.45, 7) is 1.97. The first-order valence-corrected chi connectivity index (χ1v) is 13.6. The Morgan fingerprint density at radius 1 is 1.14 bits per heavy atom. The van der Waals surface area contributed by atoms with Gasteiger partial charge >= 0.3 is 6.18 Å². The van der Waals surface area contributed by atoms with Gasteiger partial charge in [-0.2, -0.15) is 13.2 Å². The lowest BCUT2D eigenvalue weighted by Gasteiger charge is -2.14.